The van der Waals surface area contributed by atoms with E-state index in [0.717, 1.165) is 6.54 Å². The molecule has 0 bridgehead atoms. The summed E-state index contributed by atoms with van der Waals surface area (Å²) in [5, 5.41) is 0. The molecule has 0 unspecified atom stereocenters. The van der Waals surface area contributed by atoms with E-state index in [0.29, 0.717) is 5.41 Å². The zero-order chi connectivity index (χ0) is 9.78. The minimum Gasteiger partial charge on any atom is -0.309 e. The molecular formula is C11H24ClN. The number of nitrogens with zero attached hydrogens (tertiary/aromatic N) is 1. The van der Waals surface area contributed by atoms with Gasteiger partial charge in [-0.3, -0.25) is 0 Å². The average molecular weight is 206 g/mol. The summed E-state index contributed by atoms with van der Waals surface area (Å²) in [6.07, 6.45) is 3.58. The molecular weight excluding hydrogens is 182 g/mol. The van der Waals surface area contributed by atoms with Gasteiger partial charge in [-0.15, -0.1) is 12.4 Å². The van der Waals surface area contributed by atoms with E-state index < -0.39 is 0 Å². The number of allylic oxidation sites excluding steroid dienone is 2. The zero-order valence-electron chi connectivity index (χ0n) is 9.85. The molecule has 80 valence electrons. The quantitative estimate of drug-likeness (QED) is 0.637. The molecule has 0 atom stereocenters. The van der Waals surface area contributed by atoms with Crippen LogP contribution in [0.3, 0.4) is 0 Å². The summed E-state index contributed by atoms with van der Waals surface area (Å²) in [5.74, 6) is 0. The van der Waals surface area contributed by atoms with Gasteiger partial charge in [0.15, 0.2) is 0 Å². The maximum absolute atomic E-state index is 2.36. The Bertz CT molecular complexity index is 155. The van der Waals surface area contributed by atoms with Crippen molar-refractivity contribution in [3.63, 3.8) is 0 Å². The van der Waals surface area contributed by atoms with Gasteiger partial charge in [-0.2, -0.15) is 0 Å². The van der Waals surface area contributed by atoms with Crippen molar-refractivity contribution >= 4 is 12.4 Å². The third kappa shape index (κ3) is 9.91. The topological polar surface area (TPSA) is 3.24 Å². The van der Waals surface area contributed by atoms with Crippen molar-refractivity contribution in [3.05, 3.63) is 11.6 Å². The molecule has 2 heteroatoms. The fourth-order valence-corrected chi connectivity index (χ4v) is 1.37. The largest absolute Gasteiger partial charge is 0.309 e. The van der Waals surface area contributed by atoms with Crippen LogP contribution >= 0.6 is 12.4 Å². The van der Waals surface area contributed by atoms with Gasteiger partial charge >= 0.3 is 0 Å². The summed E-state index contributed by atoms with van der Waals surface area (Å²) in [5.41, 5.74) is 1.77. The Balaban J connectivity index is 0. The number of hydrogen-bond acceptors (Lipinski definition) is 1. The molecule has 1 nitrogen and oxygen atoms in total. The molecule has 0 radical (unpaired) electrons. The molecule has 0 saturated carbocycles. The van der Waals surface area contributed by atoms with E-state index in [-0.39, 0.29) is 12.4 Å². The molecule has 0 aliphatic heterocycles. The Morgan fingerprint density at radius 3 is 2.00 bits per heavy atom. The van der Waals surface area contributed by atoms with E-state index in [1.165, 1.54) is 12.0 Å². The Labute approximate surface area is 89.6 Å². The van der Waals surface area contributed by atoms with Gasteiger partial charge in [0.2, 0.25) is 0 Å². The van der Waals surface area contributed by atoms with Crippen LogP contribution < -0.4 is 0 Å². The van der Waals surface area contributed by atoms with Crippen molar-refractivity contribution < 1.29 is 0 Å². The molecule has 0 saturated heterocycles. The van der Waals surface area contributed by atoms with Gasteiger partial charge in [0.1, 0.15) is 0 Å². The Kier molecular flexibility index (Phi) is 7.67. The van der Waals surface area contributed by atoms with Crippen molar-refractivity contribution in [2.45, 2.75) is 34.1 Å². The highest BCUT2D eigenvalue weighted by molar-refractivity contribution is 5.85. The van der Waals surface area contributed by atoms with Crippen molar-refractivity contribution in [3.8, 4) is 0 Å². The van der Waals surface area contributed by atoms with Crippen LogP contribution in [0.15, 0.2) is 11.6 Å². The lowest BCUT2D eigenvalue weighted by Gasteiger charge is -2.23. The lowest BCUT2D eigenvalue weighted by atomic mass is 9.87. The SMILES string of the molecule is CC(C)=CC(C)(C)CCN(C)C.Cl. The van der Waals surface area contributed by atoms with Crippen LogP contribution in [-0.2, 0) is 0 Å². The second-order valence-corrected chi connectivity index (χ2v) is 4.76. The number of hydrogen-bond donors (Lipinski definition) is 0. The van der Waals surface area contributed by atoms with Gasteiger partial charge in [-0.05, 0) is 46.3 Å². The third-order valence-electron chi connectivity index (χ3n) is 1.88. The minimum absolute atomic E-state index is 0. The van der Waals surface area contributed by atoms with Crippen LogP contribution in [-0.4, -0.2) is 25.5 Å². The monoisotopic (exact) mass is 205 g/mol. The average Bonchev–Trinajstić information content (AvgIpc) is 1.81. The zero-order valence-corrected chi connectivity index (χ0v) is 10.7. The molecule has 13 heavy (non-hydrogen) atoms. The standard InChI is InChI=1S/C11H23N.ClH/c1-10(2)9-11(3,4)7-8-12(5)6;/h9H,7-8H2,1-6H3;1H. The first-order valence-corrected chi connectivity index (χ1v) is 4.64. The van der Waals surface area contributed by atoms with Crippen molar-refractivity contribution in [1.29, 1.82) is 0 Å². The molecule has 0 aromatic carbocycles. The van der Waals surface area contributed by atoms with Crippen LogP contribution in [0.1, 0.15) is 34.1 Å². The van der Waals surface area contributed by atoms with E-state index in [1.807, 2.05) is 0 Å². The molecule has 0 aliphatic rings. The van der Waals surface area contributed by atoms with Crippen LogP contribution in [0.4, 0.5) is 0 Å². The van der Waals surface area contributed by atoms with E-state index in [9.17, 15) is 0 Å². The summed E-state index contributed by atoms with van der Waals surface area (Å²) < 4.78 is 0. The molecule has 0 fully saturated rings. The van der Waals surface area contributed by atoms with Crippen molar-refractivity contribution in [1.82, 2.24) is 4.90 Å². The summed E-state index contributed by atoms with van der Waals surface area (Å²) in [6, 6.07) is 0. The lowest BCUT2D eigenvalue weighted by molar-refractivity contribution is 0.324. The minimum atomic E-state index is 0. The van der Waals surface area contributed by atoms with Gasteiger partial charge in [0.25, 0.3) is 0 Å². The third-order valence-corrected chi connectivity index (χ3v) is 1.88. The number of halogens is 1. The van der Waals surface area contributed by atoms with Crippen molar-refractivity contribution in [2.24, 2.45) is 5.41 Å². The van der Waals surface area contributed by atoms with E-state index in [2.05, 4.69) is 52.8 Å². The first-order chi connectivity index (χ1) is 5.33. The fourth-order valence-electron chi connectivity index (χ4n) is 1.37. The normalized spacial score (nSPS) is 11.0. The van der Waals surface area contributed by atoms with Crippen LogP contribution in [0.5, 0.6) is 0 Å². The Hall–Kier alpha value is -0.0100. The summed E-state index contributed by atoms with van der Waals surface area (Å²) in [6.45, 7) is 10.1. The van der Waals surface area contributed by atoms with Crippen LogP contribution in [0, 0.1) is 5.41 Å². The molecule has 0 heterocycles. The molecule has 0 aliphatic carbocycles. The Morgan fingerprint density at radius 1 is 1.23 bits per heavy atom. The highest BCUT2D eigenvalue weighted by Gasteiger charge is 2.13. The van der Waals surface area contributed by atoms with E-state index in [4.69, 9.17) is 0 Å². The molecule has 0 N–H and O–H groups in total. The Morgan fingerprint density at radius 2 is 1.69 bits per heavy atom. The number of rotatable bonds is 4. The van der Waals surface area contributed by atoms with Gasteiger partial charge in [-0.1, -0.05) is 25.5 Å². The molecule has 0 amide bonds. The molecule has 0 rings (SSSR count). The summed E-state index contributed by atoms with van der Waals surface area (Å²) >= 11 is 0. The van der Waals surface area contributed by atoms with Gasteiger partial charge < -0.3 is 4.90 Å². The first-order valence-electron chi connectivity index (χ1n) is 4.64. The van der Waals surface area contributed by atoms with E-state index in [1.54, 1.807) is 0 Å². The summed E-state index contributed by atoms with van der Waals surface area (Å²) in [4.78, 5) is 2.24. The summed E-state index contributed by atoms with van der Waals surface area (Å²) in [7, 11) is 4.25. The van der Waals surface area contributed by atoms with Crippen LogP contribution in [0.2, 0.25) is 0 Å². The molecule has 0 aromatic heterocycles. The van der Waals surface area contributed by atoms with Gasteiger partial charge in [-0.25, -0.2) is 0 Å². The lowest BCUT2D eigenvalue weighted by Crippen LogP contribution is -2.20. The van der Waals surface area contributed by atoms with Gasteiger partial charge in [0, 0.05) is 0 Å². The predicted molar refractivity (Wildman–Crippen MR) is 63.6 cm³/mol. The predicted octanol–water partition coefficient (Wildman–Crippen LogP) is 3.35. The van der Waals surface area contributed by atoms with E-state index >= 15 is 0 Å². The molecule has 0 spiro atoms. The first kappa shape index (κ1) is 15.5. The second kappa shape index (κ2) is 6.44. The maximum atomic E-state index is 2.36. The van der Waals surface area contributed by atoms with Crippen LogP contribution in [0.25, 0.3) is 0 Å². The fraction of sp³-hybridized carbons (Fsp3) is 0.818. The second-order valence-electron chi connectivity index (χ2n) is 4.76. The van der Waals surface area contributed by atoms with Crippen molar-refractivity contribution in [2.75, 3.05) is 20.6 Å². The highest BCUT2D eigenvalue weighted by Crippen LogP contribution is 2.23. The molecule has 0 aromatic rings. The van der Waals surface area contributed by atoms with Gasteiger partial charge in [0.05, 0.1) is 0 Å². The highest BCUT2D eigenvalue weighted by atomic mass is 35.5. The smallest absolute Gasteiger partial charge is 0.00168 e. The maximum Gasteiger partial charge on any atom is -0.00168 e.